The average Bonchev–Trinajstić information content (AvgIpc) is 2.46. The molecular weight excluding hydrogens is 268 g/mol. The van der Waals surface area contributed by atoms with E-state index in [1.54, 1.807) is 13.2 Å². The number of aliphatic hydroxyl groups is 1. The molecule has 21 heavy (non-hydrogen) atoms. The number of nitrogens with one attached hydrogen (secondary N) is 1. The zero-order chi connectivity index (χ0) is 15.7. The van der Waals surface area contributed by atoms with E-state index in [2.05, 4.69) is 5.32 Å². The van der Waals surface area contributed by atoms with Crippen molar-refractivity contribution in [3.8, 4) is 0 Å². The van der Waals surface area contributed by atoms with Gasteiger partial charge in [0.1, 0.15) is 0 Å². The van der Waals surface area contributed by atoms with Gasteiger partial charge in [0.2, 0.25) is 5.91 Å². The lowest BCUT2D eigenvalue weighted by Crippen LogP contribution is -2.37. The maximum absolute atomic E-state index is 11.8. The van der Waals surface area contributed by atoms with Crippen LogP contribution in [-0.4, -0.2) is 51.5 Å². The van der Waals surface area contributed by atoms with Crippen LogP contribution in [0.15, 0.2) is 30.3 Å². The number of hydrogen-bond acceptors (Lipinski definition) is 4. The molecule has 2 N–H and O–H groups in total. The van der Waals surface area contributed by atoms with E-state index >= 15 is 0 Å². The normalized spacial score (nSPS) is 12.4. The lowest BCUT2D eigenvalue weighted by molar-refractivity contribution is -0.117. The Bertz CT molecular complexity index is 449. The number of carbonyl (C=O) groups is 1. The first-order chi connectivity index (χ1) is 10.1. The third-order valence-electron chi connectivity index (χ3n) is 3.03. The second-order valence-corrected chi connectivity index (χ2v) is 4.99. The number of hydrogen-bond donors (Lipinski definition) is 2. The Hall–Kier alpha value is -1.85. The van der Waals surface area contributed by atoms with Gasteiger partial charge < -0.3 is 20.1 Å². The smallest absolute Gasteiger partial charge is 0.244 e. The number of rotatable bonds is 8. The number of ether oxygens (including phenoxy) is 1. The van der Waals surface area contributed by atoms with E-state index in [4.69, 9.17) is 9.84 Å². The summed E-state index contributed by atoms with van der Waals surface area (Å²) in [4.78, 5) is 13.8. The van der Waals surface area contributed by atoms with Gasteiger partial charge in [0, 0.05) is 39.6 Å². The molecule has 116 valence electrons. The van der Waals surface area contributed by atoms with Crippen LogP contribution >= 0.6 is 0 Å². The third kappa shape index (κ3) is 6.42. The third-order valence-corrected chi connectivity index (χ3v) is 3.03. The number of nitrogens with zero attached hydrogens (tertiary/aromatic N) is 1. The molecule has 5 nitrogen and oxygen atoms in total. The predicted octanol–water partition coefficient (Wildman–Crippen LogP) is 1.28. The minimum absolute atomic E-state index is 0.0179. The molecule has 0 spiro atoms. The van der Waals surface area contributed by atoms with Gasteiger partial charge in [-0.1, -0.05) is 12.1 Å². The van der Waals surface area contributed by atoms with Crippen LogP contribution in [0.2, 0.25) is 0 Å². The standard InChI is InChI=1S/C16H24N2O3/c1-18(2)15-7-4-13(5-8-15)6-9-16(20)17-14(10-11-19)12-21-3/h4-9,14,19H,10-12H2,1-3H3,(H,17,20)/b9-6+. The van der Waals surface area contributed by atoms with Crippen LogP contribution < -0.4 is 10.2 Å². The number of benzene rings is 1. The number of aliphatic hydroxyl groups excluding tert-OH is 1. The summed E-state index contributed by atoms with van der Waals surface area (Å²) in [5.41, 5.74) is 2.07. The first-order valence-corrected chi connectivity index (χ1v) is 6.92. The fourth-order valence-electron chi connectivity index (χ4n) is 1.86. The van der Waals surface area contributed by atoms with Gasteiger partial charge in [0.15, 0.2) is 0 Å². The van der Waals surface area contributed by atoms with Gasteiger partial charge in [0.05, 0.1) is 12.6 Å². The summed E-state index contributed by atoms with van der Waals surface area (Å²) in [5.74, 6) is -0.192. The molecule has 0 aliphatic rings. The highest BCUT2D eigenvalue weighted by atomic mass is 16.5. The second kappa shape index (κ2) is 9.15. The van der Waals surface area contributed by atoms with Crippen molar-refractivity contribution in [1.82, 2.24) is 5.32 Å². The van der Waals surface area contributed by atoms with Crippen LogP contribution in [0.1, 0.15) is 12.0 Å². The van der Waals surface area contributed by atoms with Crippen LogP contribution in [0, 0.1) is 0 Å². The van der Waals surface area contributed by atoms with Crippen molar-refractivity contribution < 1.29 is 14.6 Å². The zero-order valence-electron chi connectivity index (χ0n) is 12.9. The Morgan fingerprint density at radius 3 is 2.57 bits per heavy atom. The number of carbonyl (C=O) groups excluding carboxylic acids is 1. The highest BCUT2D eigenvalue weighted by molar-refractivity contribution is 5.91. The summed E-state index contributed by atoms with van der Waals surface area (Å²) in [6, 6.07) is 7.74. The molecule has 5 heteroatoms. The molecule has 0 aliphatic heterocycles. The van der Waals surface area contributed by atoms with Gasteiger partial charge in [0.25, 0.3) is 0 Å². The largest absolute Gasteiger partial charge is 0.396 e. The zero-order valence-corrected chi connectivity index (χ0v) is 12.9. The molecule has 0 saturated heterocycles. The van der Waals surface area contributed by atoms with E-state index in [0.717, 1.165) is 11.3 Å². The maximum Gasteiger partial charge on any atom is 0.244 e. The van der Waals surface area contributed by atoms with E-state index in [-0.39, 0.29) is 18.6 Å². The summed E-state index contributed by atoms with van der Waals surface area (Å²) in [6.07, 6.45) is 3.73. The molecule has 0 aromatic heterocycles. The molecule has 1 unspecified atom stereocenters. The fraction of sp³-hybridized carbons (Fsp3) is 0.438. The van der Waals surface area contributed by atoms with Crippen molar-refractivity contribution in [2.45, 2.75) is 12.5 Å². The van der Waals surface area contributed by atoms with Gasteiger partial charge >= 0.3 is 0 Å². The average molecular weight is 292 g/mol. The molecule has 1 rings (SSSR count). The monoisotopic (exact) mass is 292 g/mol. The van der Waals surface area contributed by atoms with Gasteiger partial charge in [-0.3, -0.25) is 4.79 Å². The van der Waals surface area contributed by atoms with E-state index in [9.17, 15) is 4.79 Å². The summed E-state index contributed by atoms with van der Waals surface area (Å²) < 4.78 is 5.00. The van der Waals surface area contributed by atoms with Crippen molar-refractivity contribution in [3.63, 3.8) is 0 Å². The van der Waals surface area contributed by atoms with Crippen LogP contribution in [0.4, 0.5) is 5.69 Å². The van der Waals surface area contributed by atoms with E-state index in [0.29, 0.717) is 13.0 Å². The lowest BCUT2D eigenvalue weighted by Gasteiger charge is -2.15. The molecule has 0 radical (unpaired) electrons. The van der Waals surface area contributed by atoms with Crippen LogP contribution in [0.25, 0.3) is 6.08 Å². The Morgan fingerprint density at radius 1 is 1.38 bits per heavy atom. The summed E-state index contributed by atoms with van der Waals surface area (Å²) in [7, 11) is 5.53. The van der Waals surface area contributed by atoms with E-state index < -0.39 is 0 Å². The minimum atomic E-state index is -0.192. The molecule has 0 heterocycles. The SMILES string of the molecule is COCC(CCO)NC(=O)/C=C/c1ccc(N(C)C)cc1. The number of amides is 1. The van der Waals surface area contributed by atoms with Gasteiger partial charge in [-0.2, -0.15) is 0 Å². The quantitative estimate of drug-likeness (QED) is 0.709. The van der Waals surface area contributed by atoms with Crippen molar-refractivity contribution in [1.29, 1.82) is 0 Å². The van der Waals surface area contributed by atoms with Crippen molar-refractivity contribution in [2.24, 2.45) is 0 Å². The number of methoxy groups -OCH3 is 1. The Balaban J connectivity index is 2.56. The van der Waals surface area contributed by atoms with Crippen molar-refractivity contribution >= 4 is 17.7 Å². The van der Waals surface area contributed by atoms with Gasteiger partial charge in [-0.05, 0) is 30.2 Å². The van der Waals surface area contributed by atoms with Gasteiger partial charge in [-0.25, -0.2) is 0 Å². The predicted molar refractivity (Wildman–Crippen MR) is 85.3 cm³/mol. The Labute approximate surface area is 126 Å². The summed E-state index contributed by atoms with van der Waals surface area (Å²) in [6.45, 7) is 0.404. The van der Waals surface area contributed by atoms with Crippen LogP contribution in [0.5, 0.6) is 0 Å². The first kappa shape index (κ1) is 17.2. The highest BCUT2D eigenvalue weighted by Crippen LogP contribution is 2.13. The molecule has 1 amide bonds. The molecule has 0 bridgehead atoms. The minimum Gasteiger partial charge on any atom is -0.396 e. The fourth-order valence-corrected chi connectivity index (χ4v) is 1.86. The van der Waals surface area contributed by atoms with E-state index in [1.165, 1.54) is 6.08 Å². The molecule has 0 aliphatic carbocycles. The molecule has 1 aromatic carbocycles. The van der Waals surface area contributed by atoms with Crippen molar-refractivity contribution in [2.75, 3.05) is 39.3 Å². The van der Waals surface area contributed by atoms with Gasteiger partial charge in [-0.15, -0.1) is 0 Å². The van der Waals surface area contributed by atoms with Crippen LogP contribution in [-0.2, 0) is 9.53 Å². The number of anilines is 1. The highest BCUT2D eigenvalue weighted by Gasteiger charge is 2.09. The Kier molecular flexibility index (Phi) is 7.50. The van der Waals surface area contributed by atoms with E-state index in [1.807, 2.05) is 43.3 Å². The van der Waals surface area contributed by atoms with Crippen molar-refractivity contribution in [3.05, 3.63) is 35.9 Å². The maximum atomic E-state index is 11.8. The summed E-state index contributed by atoms with van der Waals surface area (Å²) >= 11 is 0. The van der Waals surface area contributed by atoms with Crippen LogP contribution in [0.3, 0.4) is 0 Å². The molecule has 1 atom stereocenters. The topological polar surface area (TPSA) is 61.8 Å². The summed E-state index contributed by atoms with van der Waals surface area (Å²) in [5, 5.41) is 11.7. The molecule has 0 saturated carbocycles. The molecule has 1 aromatic rings. The molecule has 0 fully saturated rings. The first-order valence-electron chi connectivity index (χ1n) is 6.92. The second-order valence-electron chi connectivity index (χ2n) is 4.99. The molecular formula is C16H24N2O3. The lowest BCUT2D eigenvalue weighted by atomic mass is 10.2. The Morgan fingerprint density at radius 2 is 2.05 bits per heavy atom.